The monoisotopic (exact) mass is 513 g/mol. The molecule has 0 radical (unpaired) electrons. The Hall–Kier alpha value is -3.98. The fourth-order valence-corrected chi connectivity index (χ4v) is 6.16. The number of fused-ring (bicyclic) bond motifs is 3. The molecule has 2 atom stereocenters. The fourth-order valence-electron chi connectivity index (χ4n) is 6.16. The van der Waals surface area contributed by atoms with E-state index in [1.54, 1.807) is 19.3 Å². The van der Waals surface area contributed by atoms with E-state index in [9.17, 15) is 14.4 Å². The zero-order chi connectivity index (χ0) is 26.3. The number of amides is 3. The number of aromatic nitrogens is 2. The highest BCUT2D eigenvalue weighted by atomic mass is 16.5. The van der Waals surface area contributed by atoms with Crippen LogP contribution in [0, 0.1) is 5.92 Å². The summed E-state index contributed by atoms with van der Waals surface area (Å²) in [5, 5.41) is 13.1. The van der Waals surface area contributed by atoms with E-state index < -0.39 is 11.5 Å². The lowest BCUT2D eigenvalue weighted by molar-refractivity contribution is -0.124. The Bertz CT molecular complexity index is 1410. The van der Waals surface area contributed by atoms with Gasteiger partial charge in [0.1, 0.15) is 11.7 Å². The van der Waals surface area contributed by atoms with E-state index in [4.69, 9.17) is 4.74 Å². The van der Waals surface area contributed by atoms with Crippen molar-refractivity contribution in [2.24, 2.45) is 13.0 Å². The number of rotatable bonds is 5. The van der Waals surface area contributed by atoms with E-state index in [0.717, 1.165) is 24.1 Å². The molecule has 9 nitrogen and oxygen atoms in total. The van der Waals surface area contributed by atoms with E-state index in [0.29, 0.717) is 43.9 Å². The quantitative estimate of drug-likeness (QED) is 0.485. The molecule has 1 aliphatic carbocycles. The van der Waals surface area contributed by atoms with E-state index in [1.165, 1.54) is 15.8 Å². The molecule has 2 aromatic carbocycles. The molecule has 1 saturated heterocycles. The molecule has 3 heterocycles. The van der Waals surface area contributed by atoms with Crippen LogP contribution in [0.25, 0.3) is 0 Å². The number of hydrogen-bond donors (Lipinski definition) is 3. The van der Waals surface area contributed by atoms with Crippen molar-refractivity contribution in [1.29, 1.82) is 0 Å². The third-order valence-corrected chi connectivity index (χ3v) is 8.31. The highest BCUT2D eigenvalue weighted by Crippen LogP contribution is 2.45. The van der Waals surface area contributed by atoms with Crippen LogP contribution < -0.4 is 16.0 Å². The molecule has 1 aromatic heterocycles. The van der Waals surface area contributed by atoms with Gasteiger partial charge >= 0.3 is 0 Å². The summed E-state index contributed by atoms with van der Waals surface area (Å²) in [5.74, 6) is -0.704. The first-order valence-electron chi connectivity index (χ1n) is 13.1. The van der Waals surface area contributed by atoms with Crippen molar-refractivity contribution in [2.45, 2.75) is 43.6 Å². The maximum Gasteiger partial charge on any atom is 0.270 e. The van der Waals surface area contributed by atoms with Gasteiger partial charge in [-0.1, -0.05) is 30.3 Å². The summed E-state index contributed by atoms with van der Waals surface area (Å²) < 4.78 is 6.99. The standard InChI is InChI=1S/C29H31N5O4/c1-34-24(10-13-30-34)26(35)33-25(20-7-6-18-4-2-3-5-19(18)16-20)27(36)31-21-8-9-22-23(17-21)32-28(37)29(22)11-14-38-15-12-29/h2-5,8-10,13,17,20,25H,6-7,11-12,14-16H2,1H3,(H,31,36)(H,32,37)(H,33,35). The maximum atomic E-state index is 13.7. The topological polar surface area (TPSA) is 114 Å². The third kappa shape index (κ3) is 4.26. The number of ether oxygens (including phenoxy) is 1. The van der Waals surface area contributed by atoms with Crippen LogP contribution in [-0.4, -0.2) is 46.8 Å². The minimum atomic E-state index is -0.740. The van der Waals surface area contributed by atoms with Gasteiger partial charge < -0.3 is 20.7 Å². The van der Waals surface area contributed by atoms with Crippen molar-refractivity contribution in [1.82, 2.24) is 15.1 Å². The third-order valence-electron chi connectivity index (χ3n) is 8.31. The van der Waals surface area contributed by atoms with Crippen LogP contribution in [0.5, 0.6) is 0 Å². The lowest BCUT2D eigenvalue weighted by Gasteiger charge is -2.32. The average molecular weight is 514 g/mol. The first-order chi connectivity index (χ1) is 18.4. The van der Waals surface area contributed by atoms with Crippen LogP contribution in [-0.2, 0) is 39.6 Å². The van der Waals surface area contributed by atoms with Crippen LogP contribution in [0.2, 0.25) is 0 Å². The predicted octanol–water partition coefficient (Wildman–Crippen LogP) is 2.96. The molecule has 1 fully saturated rings. The van der Waals surface area contributed by atoms with Gasteiger partial charge in [-0.3, -0.25) is 19.1 Å². The van der Waals surface area contributed by atoms with Gasteiger partial charge in [-0.2, -0.15) is 5.10 Å². The van der Waals surface area contributed by atoms with Crippen LogP contribution in [0.3, 0.4) is 0 Å². The minimum absolute atomic E-state index is 0.0125. The van der Waals surface area contributed by atoms with Gasteiger partial charge in [0.15, 0.2) is 0 Å². The first-order valence-corrected chi connectivity index (χ1v) is 13.1. The van der Waals surface area contributed by atoms with Crippen molar-refractivity contribution < 1.29 is 19.1 Å². The van der Waals surface area contributed by atoms with Gasteiger partial charge in [-0.25, -0.2) is 0 Å². The zero-order valence-corrected chi connectivity index (χ0v) is 21.3. The second kappa shape index (κ2) is 9.72. The highest BCUT2D eigenvalue weighted by Gasteiger charge is 2.47. The number of aryl methyl sites for hydroxylation is 2. The molecule has 38 heavy (non-hydrogen) atoms. The molecule has 2 unspecified atom stereocenters. The molecule has 1 spiro atoms. The number of benzene rings is 2. The average Bonchev–Trinajstić information content (AvgIpc) is 3.47. The largest absolute Gasteiger partial charge is 0.381 e. The summed E-state index contributed by atoms with van der Waals surface area (Å²) in [4.78, 5) is 39.8. The van der Waals surface area contributed by atoms with Crippen LogP contribution in [0.4, 0.5) is 11.4 Å². The van der Waals surface area contributed by atoms with Crippen LogP contribution >= 0.6 is 0 Å². The second-order valence-electron chi connectivity index (χ2n) is 10.5. The summed E-state index contributed by atoms with van der Waals surface area (Å²) in [6, 6.07) is 14.7. The van der Waals surface area contributed by atoms with E-state index in [2.05, 4.69) is 33.2 Å². The van der Waals surface area contributed by atoms with Gasteiger partial charge in [-0.15, -0.1) is 0 Å². The van der Waals surface area contributed by atoms with Crippen LogP contribution in [0.15, 0.2) is 54.7 Å². The maximum absolute atomic E-state index is 13.7. The Balaban J connectivity index is 1.25. The molecule has 0 saturated carbocycles. The smallest absolute Gasteiger partial charge is 0.270 e. The Morgan fingerprint density at radius 1 is 1.13 bits per heavy atom. The van der Waals surface area contributed by atoms with Gasteiger partial charge in [0, 0.05) is 37.8 Å². The van der Waals surface area contributed by atoms with Gasteiger partial charge in [0.2, 0.25) is 11.8 Å². The van der Waals surface area contributed by atoms with Gasteiger partial charge in [0.25, 0.3) is 5.91 Å². The Kier molecular flexibility index (Phi) is 6.23. The fraction of sp³-hybridized carbons (Fsp3) is 0.379. The normalized spacial score (nSPS) is 20.2. The summed E-state index contributed by atoms with van der Waals surface area (Å²) in [6.07, 6.45) is 5.18. The van der Waals surface area contributed by atoms with Gasteiger partial charge in [0.05, 0.1) is 5.41 Å². The Labute approximate surface area is 220 Å². The molecule has 3 aliphatic rings. The lowest BCUT2D eigenvalue weighted by atomic mass is 9.75. The van der Waals surface area contributed by atoms with E-state index >= 15 is 0 Å². The number of anilines is 2. The molecule has 3 aromatic rings. The molecule has 3 N–H and O–H groups in total. The Morgan fingerprint density at radius 3 is 2.68 bits per heavy atom. The van der Waals surface area contributed by atoms with Crippen molar-refractivity contribution in [3.8, 4) is 0 Å². The Morgan fingerprint density at radius 2 is 1.92 bits per heavy atom. The summed E-state index contributed by atoms with van der Waals surface area (Å²) in [6.45, 7) is 1.10. The summed E-state index contributed by atoms with van der Waals surface area (Å²) in [7, 11) is 1.70. The van der Waals surface area contributed by atoms with Crippen molar-refractivity contribution in [2.75, 3.05) is 23.8 Å². The molecule has 6 rings (SSSR count). The summed E-state index contributed by atoms with van der Waals surface area (Å²) >= 11 is 0. The van der Waals surface area contributed by atoms with Crippen molar-refractivity contribution >= 4 is 29.1 Å². The highest BCUT2D eigenvalue weighted by molar-refractivity contribution is 6.07. The number of carbonyl (C=O) groups excluding carboxylic acids is 3. The molecule has 3 amide bonds. The lowest BCUT2D eigenvalue weighted by Crippen LogP contribution is -2.50. The first kappa shape index (κ1) is 24.4. The predicted molar refractivity (Wildman–Crippen MR) is 142 cm³/mol. The van der Waals surface area contributed by atoms with Gasteiger partial charge in [-0.05, 0) is 72.9 Å². The minimum Gasteiger partial charge on any atom is -0.381 e. The van der Waals surface area contributed by atoms with Crippen molar-refractivity contribution in [3.05, 3.63) is 77.1 Å². The molecular weight excluding hydrogens is 482 g/mol. The van der Waals surface area contributed by atoms with Crippen molar-refractivity contribution in [3.63, 3.8) is 0 Å². The second-order valence-corrected chi connectivity index (χ2v) is 10.5. The SMILES string of the molecule is Cn1nccc1C(=O)NC(C(=O)Nc1ccc2c(c1)NC(=O)C21CCOCC1)C1CCc2ccccc2C1. The molecule has 0 bridgehead atoms. The zero-order valence-electron chi connectivity index (χ0n) is 21.3. The molecule has 2 aliphatic heterocycles. The van der Waals surface area contributed by atoms with E-state index in [1.807, 2.05) is 30.3 Å². The summed E-state index contributed by atoms with van der Waals surface area (Å²) in [5.41, 5.74) is 4.57. The number of nitrogens with one attached hydrogen (secondary N) is 3. The molecule has 9 heteroatoms. The van der Waals surface area contributed by atoms with E-state index in [-0.39, 0.29) is 23.6 Å². The molecular formula is C29H31N5O4. The number of carbonyl (C=O) groups is 3. The molecule has 196 valence electrons. The number of nitrogens with zero attached hydrogens (tertiary/aromatic N) is 2. The number of hydrogen-bond acceptors (Lipinski definition) is 5. The van der Waals surface area contributed by atoms with Crippen LogP contribution in [0.1, 0.15) is 46.4 Å².